The monoisotopic (exact) mass is 261 g/mol. The number of carbonyl (C=O) groups excluding carboxylic acids is 2. The summed E-state index contributed by atoms with van der Waals surface area (Å²) in [6, 6.07) is 7.23. The van der Waals surface area contributed by atoms with E-state index in [-0.39, 0.29) is 18.4 Å². The molecule has 0 bridgehead atoms. The Kier molecular flexibility index (Phi) is 6.06. The smallest absolute Gasteiger partial charge is 0.248 e. The number of benzene rings is 1. The van der Waals surface area contributed by atoms with Gasteiger partial charge in [-0.3, -0.25) is 9.59 Å². The molecule has 1 radical (unpaired) electrons. The molecule has 0 saturated carbocycles. The quantitative estimate of drug-likeness (QED) is 0.788. The highest BCUT2D eigenvalue weighted by Gasteiger charge is 2.11. The maximum absolute atomic E-state index is 11.8. The minimum absolute atomic E-state index is 0.0343. The standard InChI is InChI=1S/C15H21N2O2/c1-3-12(4-2)17-14(18)10-9-11-7-5-6-8-13(11)15(16)19/h5-9,12H,3-4,10H2,1-2H3,(H2,16,19)(H,17,18). The highest BCUT2D eigenvalue weighted by atomic mass is 16.2. The molecule has 4 heteroatoms. The van der Waals surface area contributed by atoms with Crippen LogP contribution in [0.25, 0.3) is 0 Å². The van der Waals surface area contributed by atoms with Gasteiger partial charge in [0.05, 0.1) is 0 Å². The number of carbonyl (C=O) groups is 2. The Hall–Kier alpha value is -1.84. The van der Waals surface area contributed by atoms with Crippen LogP contribution in [0, 0.1) is 6.42 Å². The summed E-state index contributed by atoms with van der Waals surface area (Å²) >= 11 is 0. The molecule has 1 rings (SSSR count). The summed E-state index contributed by atoms with van der Waals surface area (Å²) in [5.41, 5.74) is 6.43. The molecule has 0 spiro atoms. The van der Waals surface area contributed by atoms with Crippen LogP contribution in [0.5, 0.6) is 0 Å². The first kappa shape index (κ1) is 15.2. The molecule has 103 valence electrons. The van der Waals surface area contributed by atoms with Gasteiger partial charge in [0.1, 0.15) is 0 Å². The van der Waals surface area contributed by atoms with Crippen molar-refractivity contribution in [3.8, 4) is 0 Å². The molecule has 0 aromatic heterocycles. The first-order valence-corrected chi connectivity index (χ1v) is 6.59. The number of rotatable bonds is 7. The van der Waals surface area contributed by atoms with Crippen LogP contribution < -0.4 is 11.1 Å². The average molecular weight is 261 g/mol. The number of nitrogens with one attached hydrogen (secondary N) is 1. The van der Waals surface area contributed by atoms with E-state index >= 15 is 0 Å². The van der Waals surface area contributed by atoms with Crippen molar-refractivity contribution >= 4 is 11.8 Å². The van der Waals surface area contributed by atoms with Crippen molar-refractivity contribution in [3.63, 3.8) is 0 Å². The molecular formula is C15H21N2O2. The van der Waals surface area contributed by atoms with Crippen LogP contribution in [0.4, 0.5) is 0 Å². The lowest BCUT2D eigenvalue weighted by Crippen LogP contribution is -2.33. The molecular weight excluding hydrogens is 240 g/mol. The first-order chi connectivity index (χ1) is 9.08. The molecule has 4 nitrogen and oxygen atoms in total. The minimum Gasteiger partial charge on any atom is -0.366 e. The van der Waals surface area contributed by atoms with Gasteiger partial charge in [-0.1, -0.05) is 32.0 Å². The SMILES string of the molecule is CCC(CC)NC(=O)C[CH]c1ccccc1C(N)=O. The first-order valence-electron chi connectivity index (χ1n) is 6.59. The van der Waals surface area contributed by atoms with Crippen LogP contribution in [-0.2, 0) is 4.79 Å². The third-order valence-electron chi connectivity index (χ3n) is 3.08. The topological polar surface area (TPSA) is 72.2 Å². The molecule has 0 aliphatic rings. The zero-order valence-corrected chi connectivity index (χ0v) is 11.5. The zero-order chi connectivity index (χ0) is 14.3. The molecule has 1 aromatic carbocycles. The Labute approximate surface area is 114 Å². The van der Waals surface area contributed by atoms with Gasteiger partial charge in [0.2, 0.25) is 11.8 Å². The van der Waals surface area contributed by atoms with E-state index in [1.807, 2.05) is 19.9 Å². The van der Waals surface area contributed by atoms with E-state index in [0.717, 1.165) is 12.8 Å². The van der Waals surface area contributed by atoms with Crippen LogP contribution in [-0.4, -0.2) is 17.9 Å². The van der Waals surface area contributed by atoms with Gasteiger partial charge in [-0.15, -0.1) is 0 Å². The van der Waals surface area contributed by atoms with Crippen molar-refractivity contribution in [1.29, 1.82) is 0 Å². The minimum atomic E-state index is -0.479. The highest BCUT2D eigenvalue weighted by molar-refractivity contribution is 5.95. The maximum atomic E-state index is 11.8. The lowest BCUT2D eigenvalue weighted by Gasteiger charge is -2.14. The lowest BCUT2D eigenvalue weighted by molar-refractivity contribution is -0.121. The molecule has 3 N–H and O–H groups in total. The van der Waals surface area contributed by atoms with Crippen molar-refractivity contribution in [2.24, 2.45) is 5.73 Å². The number of hydrogen-bond acceptors (Lipinski definition) is 2. The molecule has 0 aliphatic heterocycles. The predicted octanol–water partition coefficient (Wildman–Crippen LogP) is 2.03. The second-order valence-corrected chi connectivity index (χ2v) is 4.44. The Bertz CT molecular complexity index is 440. The van der Waals surface area contributed by atoms with Crippen LogP contribution in [0.15, 0.2) is 24.3 Å². The summed E-state index contributed by atoms with van der Waals surface area (Å²) in [6.45, 7) is 4.08. The number of nitrogens with two attached hydrogens (primary N) is 1. The van der Waals surface area contributed by atoms with Crippen molar-refractivity contribution in [3.05, 3.63) is 41.8 Å². The largest absolute Gasteiger partial charge is 0.366 e. The summed E-state index contributed by atoms with van der Waals surface area (Å²) in [5, 5.41) is 2.95. The summed E-state index contributed by atoms with van der Waals surface area (Å²) < 4.78 is 0. The molecule has 0 aliphatic carbocycles. The zero-order valence-electron chi connectivity index (χ0n) is 11.5. The van der Waals surface area contributed by atoms with Gasteiger partial charge in [-0.2, -0.15) is 0 Å². The summed E-state index contributed by atoms with van der Waals surface area (Å²) in [5.74, 6) is -0.514. The molecule has 0 heterocycles. The summed E-state index contributed by atoms with van der Waals surface area (Å²) in [4.78, 5) is 23.0. The molecule has 0 fully saturated rings. The second kappa shape index (κ2) is 7.56. The van der Waals surface area contributed by atoms with Gasteiger partial charge in [0.25, 0.3) is 0 Å². The van der Waals surface area contributed by atoms with E-state index in [1.165, 1.54) is 0 Å². The van der Waals surface area contributed by atoms with Gasteiger partial charge < -0.3 is 11.1 Å². The average Bonchev–Trinajstić information content (AvgIpc) is 2.42. The Morgan fingerprint density at radius 1 is 1.26 bits per heavy atom. The van der Waals surface area contributed by atoms with E-state index in [4.69, 9.17) is 5.73 Å². The molecule has 19 heavy (non-hydrogen) atoms. The Balaban J connectivity index is 2.57. The van der Waals surface area contributed by atoms with Crippen LogP contribution in [0.3, 0.4) is 0 Å². The van der Waals surface area contributed by atoms with Crippen molar-refractivity contribution < 1.29 is 9.59 Å². The summed E-state index contributed by atoms with van der Waals surface area (Å²) in [7, 11) is 0. The summed E-state index contributed by atoms with van der Waals surface area (Å²) in [6.07, 6.45) is 3.82. The maximum Gasteiger partial charge on any atom is 0.248 e. The fourth-order valence-corrected chi connectivity index (χ4v) is 1.88. The third kappa shape index (κ3) is 4.73. The van der Waals surface area contributed by atoms with Gasteiger partial charge in [-0.25, -0.2) is 0 Å². The van der Waals surface area contributed by atoms with Gasteiger partial charge in [-0.05, 0) is 24.5 Å². The van der Waals surface area contributed by atoms with Gasteiger partial charge in [0.15, 0.2) is 0 Å². The molecule has 0 atom stereocenters. The molecule has 0 unspecified atom stereocenters. The third-order valence-corrected chi connectivity index (χ3v) is 3.08. The lowest BCUT2D eigenvalue weighted by atomic mass is 10.0. The predicted molar refractivity (Wildman–Crippen MR) is 75.5 cm³/mol. The fourth-order valence-electron chi connectivity index (χ4n) is 1.88. The Morgan fingerprint density at radius 3 is 2.47 bits per heavy atom. The Morgan fingerprint density at radius 2 is 1.89 bits per heavy atom. The van der Waals surface area contributed by atoms with Crippen LogP contribution >= 0.6 is 0 Å². The second-order valence-electron chi connectivity index (χ2n) is 4.44. The van der Waals surface area contributed by atoms with Crippen LogP contribution in [0.1, 0.15) is 49.0 Å². The van der Waals surface area contributed by atoms with Gasteiger partial charge >= 0.3 is 0 Å². The molecule has 1 aromatic rings. The van der Waals surface area contributed by atoms with E-state index in [0.29, 0.717) is 11.1 Å². The normalized spacial score (nSPS) is 10.5. The van der Waals surface area contributed by atoms with Crippen molar-refractivity contribution in [1.82, 2.24) is 5.32 Å². The highest BCUT2D eigenvalue weighted by Crippen LogP contribution is 2.12. The van der Waals surface area contributed by atoms with Crippen molar-refractivity contribution in [2.45, 2.75) is 39.2 Å². The van der Waals surface area contributed by atoms with Crippen LogP contribution in [0.2, 0.25) is 0 Å². The fraction of sp³-hybridized carbons (Fsp3) is 0.400. The van der Waals surface area contributed by atoms with Gasteiger partial charge in [0, 0.05) is 24.4 Å². The number of amides is 2. The van der Waals surface area contributed by atoms with E-state index < -0.39 is 5.91 Å². The molecule has 2 amide bonds. The van der Waals surface area contributed by atoms with E-state index in [1.54, 1.807) is 24.6 Å². The van der Waals surface area contributed by atoms with Crippen molar-refractivity contribution in [2.75, 3.05) is 0 Å². The van der Waals surface area contributed by atoms with E-state index in [9.17, 15) is 9.59 Å². The number of primary amides is 1. The molecule has 0 saturated heterocycles. The number of hydrogen-bond donors (Lipinski definition) is 2. The van der Waals surface area contributed by atoms with E-state index in [2.05, 4.69) is 5.32 Å².